The van der Waals surface area contributed by atoms with Gasteiger partial charge >= 0.3 is 0 Å². The number of hydrazine groups is 1. The number of hydrogen-bond donors (Lipinski definition) is 2. The van der Waals surface area contributed by atoms with Gasteiger partial charge in [-0.15, -0.1) is 11.8 Å². The maximum atomic E-state index is 12.6. The van der Waals surface area contributed by atoms with Crippen molar-refractivity contribution >= 4 is 0 Å². The maximum Gasteiger partial charge on any atom is 0.123 e. The molecule has 0 fully saturated rings. The van der Waals surface area contributed by atoms with Crippen molar-refractivity contribution in [1.29, 1.82) is 0 Å². The average molecular weight is 192 g/mol. The van der Waals surface area contributed by atoms with E-state index in [9.17, 15) is 4.39 Å². The third-order valence-corrected chi connectivity index (χ3v) is 1.96. The maximum absolute atomic E-state index is 12.6. The van der Waals surface area contributed by atoms with Gasteiger partial charge in [0.05, 0.1) is 6.04 Å². The van der Waals surface area contributed by atoms with Crippen LogP contribution in [0.5, 0.6) is 0 Å². The summed E-state index contributed by atoms with van der Waals surface area (Å²) in [6.45, 7) is 1.78. The van der Waals surface area contributed by atoms with E-state index < -0.39 is 0 Å². The van der Waals surface area contributed by atoms with Crippen LogP contribution >= 0.6 is 0 Å². The van der Waals surface area contributed by atoms with Crippen LogP contribution < -0.4 is 11.3 Å². The Balaban J connectivity index is 2.76. The van der Waals surface area contributed by atoms with Gasteiger partial charge in [-0.05, 0) is 24.6 Å². The lowest BCUT2D eigenvalue weighted by molar-refractivity contribution is 0.564. The van der Waals surface area contributed by atoms with E-state index in [1.807, 2.05) is 0 Å². The van der Waals surface area contributed by atoms with Crippen LogP contribution in [0.15, 0.2) is 24.3 Å². The minimum Gasteiger partial charge on any atom is -0.271 e. The Morgan fingerprint density at radius 2 is 2.07 bits per heavy atom. The van der Waals surface area contributed by atoms with E-state index in [1.54, 1.807) is 19.1 Å². The van der Waals surface area contributed by atoms with Gasteiger partial charge < -0.3 is 0 Å². The second-order valence-electron chi connectivity index (χ2n) is 2.90. The van der Waals surface area contributed by atoms with Crippen LogP contribution in [-0.2, 0) is 0 Å². The zero-order valence-corrected chi connectivity index (χ0v) is 8.05. The predicted molar refractivity (Wildman–Crippen MR) is 54.5 cm³/mol. The fraction of sp³-hybridized carbons (Fsp3) is 0.273. The van der Waals surface area contributed by atoms with Gasteiger partial charge in [0.15, 0.2) is 0 Å². The molecule has 0 spiro atoms. The molecule has 0 heterocycles. The summed E-state index contributed by atoms with van der Waals surface area (Å²) >= 11 is 0. The van der Waals surface area contributed by atoms with Crippen LogP contribution in [0.1, 0.15) is 24.9 Å². The highest BCUT2D eigenvalue weighted by Gasteiger charge is 2.07. The van der Waals surface area contributed by atoms with Gasteiger partial charge in [-0.1, -0.05) is 12.1 Å². The lowest BCUT2D eigenvalue weighted by Gasteiger charge is -2.12. The molecule has 74 valence electrons. The number of hydrogen-bond acceptors (Lipinski definition) is 2. The second-order valence-corrected chi connectivity index (χ2v) is 2.90. The molecule has 3 N–H and O–H groups in total. The Hall–Kier alpha value is -1.37. The highest BCUT2D eigenvalue weighted by molar-refractivity contribution is 5.21. The van der Waals surface area contributed by atoms with Gasteiger partial charge in [-0.2, -0.15) is 0 Å². The third kappa shape index (κ3) is 2.84. The number of rotatable bonds is 3. The molecule has 3 heteroatoms. The Morgan fingerprint density at radius 3 is 2.57 bits per heavy atom. The van der Waals surface area contributed by atoms with Crippen molar-refractivity contribution in [3.8, 4) is 11.8 Å². The van der Waals surface area contributed by atoms with Crippen LogP contribution in [0, 0.1) is 17.7 Å². The van der Waals surface area contributed by atoms with E-state index in [0.717, 1.165) is 5.56 Å². The van der Waals surface area contributed by atoms with Gasteiger partial charge in [0, 0.05) is 6.42 Å². The van der Waals surface area contributed by atoms with E-state index in [2.05, 4.69) is 17.3 Å². The highest BCUT2D eigenvalue weighted by Crippen LogP contribution is 2.15. The summed E-state index contributed by atoms with van der Waals surface area (Å²) in [6, 6.07) is 6.20. The normalized spacial score (nSPS) is 11.6. The molecular weight excluding hydrogens is 179 g/mol. The first-order valence-electron chi connectivity index (χ1n) is 4.39. The van der Waals surface area contributed by atoms with E-state index in [-0.39, 0.29) is 11.9 Å². The SMILES string of the molecule is CC#CCC(NN)c1ccc(F)cc1. The smallest absolute Gasteiger partial charge is 0.123 e. The molecule has 14 heavy (non-hydrogen) atoms. The van der Waals surface area contributed by atoms with Crippen molar-refractivity contribution in [2.45, 2.75) is 19.4 Å². The molecule has 0 aliphatic carbocycles. The third-order valence-electron chi connectivity index (χ3n) is 1.96. The molecule has 1 rings (SSSR count). The molecule has 0 saturated carbocycles. The van der Waals surface area contributed by atoms with Crippen LogP contribution in [0.2, 0.25) is 0 Å². The van der Waals surface area contributed by atoms with Crippen LogP contribution in [0.3, 0.4) is 0 Å². The van der Waals surface area contributed by atoms with Crippen molar-refractivity contribution in [3.63, 3.8) is 0 Å². The summed E-state index contributed by atoms with van der Waals surface area (Å²) in [7, 11) is 0. The Bertz CT molecular complexity index is 335. The first-order chi connectivity index (χ1) is 6.77. The average Bonchev–Trinajstić information content (AvgIpc) is 2.21. The molecule has 0 aliphatic rings. The molecule has 0 saturated heterocycles. The second kappa shape index (κ2) is 5.38. The zero-order valence-electron chi connectivity index (χ0n) is 8.05. The molecule has 0 aliphatic heterocycles. The molecule has 0 bridgehead atoms. The largest absolute Gasteiger partial charge is 0.271 e. The summed E-state index contributed by atoms with van der Waals surface area (Å²) in [6.07, 6.45) is 0.624. The Morgan fingerprint density at radius 1 is 1.43 bits per heavy atom. The topological polar surface area (TPSA) is 38.0 Å². The first-order valence-corrected chi connectivity index (χ1v) is 4.39. The van der Waals surface area contributed by atoms with Crippen molar-refractivity contribution in [3.05, 3.63) is 35.6 Å². The number of benzene rings is 1. The minimum absolute atomic E-state index is 0.0388. The van der Waals surface area contributed by atoms with E-state index >= 15 is 0 Å². The van der Waals surface area contributed by atoms with Crippen molar-refractivity contribution < 1.29 is 4.39 Å². The standard InChI is InChI=1S/C11H13FN2/c1-2-3-4-11(14-13)9-5-7-10(12)8-6-9/h5-8,11,14H,4,13H2,1H3. The van der Waals surface area contributed by atoms with Crippen molar-refractivity contribution in [2.24, 2.45) is 5.84 Å². The van der Waals surface area contributed by atoms with Crippen LogP contribution in [0.25, 0.3) is 0 Å². The van der Waals surface area contributed by atoms with E-state index in [1.165, 1.54) is 12.1 Å². The number of nitrogens with one attached hydrogen (secondary N) is 1. The van der Waals surface area contributed by atoms with Crippen molar-refractivity contribution in [2.75, 3.05) is 0 Å². The summed E-state index contributed by atoms with van der Waals surface area (Å²) in [5.41, 5.74) is 3.59. The molecule has 1 unspecified atom stereocenters. The molecule has 0 amide bonds. The fourth-order valence-electron chi connectivity index (χ4n) is 1.17. The molecule has 2 nitrogen and oxygen atoms in total. The highest BCUT2D eigenvalue weighted by atomic mass is 19.1. The van der Waals surface area contributed by atoms with Gasteiger partial charge in [0.25, 0.3) is 0 Å². The van der Waals surface area contributed by atoms with Crippen molar-refractivity contribution in [1.82, 2.24) is 5.43 Å². The first kappa shape index (κ1) is 10.7. The van der Waals surface area contributed by atoms with Gasteiger partial charge in [0.2, 0.25) is 0 Å². The lowest BCUT2D eigenvalue weighted by Crippen LogP contribution is -2.27. The summed E-state index contributed by atoms with van der Waals surface area (Å²) in [4.78, 5) is 0. The minimum atomic E-state index is -0.244. The van der Waals surface area contributed by atoms with Gasteiger partial charge in [-0.3, -0.25) is 11.3 Å². The molecule has 0 aromatic heterocycles. The number of halogens is 1. The Labute approximate surface area is 83.3 Å². The summed E-state index contributed by atoms with van der Waals surface area (Å²) in [5, 5.41) is 0. The van der Waals surface area contributed by atoms with Crippen LogP contribution in [0.4, 0.5) is 4.39 Å². The molecule has 1 aromatic rings. The summed E-state index contributed by atoms with van der Waals surface area (Å²) in [5.74, 6) is 10.8. The summed E-state index contributed by atoms with van der Waals surface area (Å²) < 4.78 is 12.6. The fourth-order valence-corrected chi connectivity index (χ4v) is 1.17. The molecule has 1 atom stereocenters. The number of nitrogens with two attached hydrogens (primary N) is 1. The van der Waals surface area contributed by atoms with E-state index in [4.69, 9.17) is 5.84 Å². The van der Waals surface area contributed by atoms with E-state index in [0.29, 0.717) is 6.42 Å². The lowest BCUT2D eigenvalue weighted by atomic mass is 10.0. The monoisotopic (exact) mass is 192 g/mol. The Kier molecular flexibility index (Phi) is 4.11. The van der Waals surface area contributed by atoms with Gasteiger partial charge in [-0.25, -0.2) is 4.39 Å². The zero-order chi connectivity index (χ0) is 10.4. The predicted octanol–water partition coefficient (Wildman–Crippen LogP) is 1.74. The molecule has 0 radical (unpaired) electrons. The van der Waals surface area contributed by atoms with Gasteiger partial charge in [0.1, 0.15) is 5.82 Å². The van der Waals surface area contributed by atoms with Crippen LogP contribution in [-0.4, -0.2) is 0 Å². The molecule has 1 aromatic carbocycles. The quantitative estimate of drug-likeness (QED) is 0.435. The molecular formula is C11H13FN2.